The second kappa shape index (κ2) is 5.22. The number of aryl methyl sites for hydroxylation is 1. The maximum atomic E-state index is 13.0. The van der Waals surface area contributed by atoms with Crippen LogP contribution in [0.4, 0.5) is 5.69 Å². The molecule has 118 valence electrons. The van der Waals surface area contributed by atoms with Crippen molar-refractivity contribution in [1.29, 1.82) is 0 Å². The summed E-state index contributed by atoms with van der Waals surface area (Å²) in [6, 6.07) is 9.10. The van der Waals surface area contributed by atoms with Crippen LogP contribution < -0.4 is 10.2 Å². The van der Waals surface area contributed by atoms with Crippen LogP contribution in [0.2, 0.25) is 0 Å². The molecule has 0 spiro atoms. The SMILES string of the molecule is Cn1nc(C2CC2)cc1C(=O)N1CCNC(=O)c2ccccc21. The number of hydrogen-bond donors (Lipinski definition) is 1. The van der Waals surface area contributed by atoms with Gasteiger partial charge in [-0.2, -0.15) is 5.10 Å². The molecule has 1 aromatic heterocycles. The molecule has 1 N–H and O–H groups in total. The molecule has 1 aliphatic carbocycles. The molecular formula is C17H18N4O2. The molecule has 0 radical (unpaired) electrons. The van der Waals surface area contributed by atoms with E-state index in [2.05, 4.69) is 10.4 Å². The van der Waals surface area contributed by atoms with Gasteiger partial charge in [-0.05, 0) is 31.0 Å². The number of carbonyl (C=O) groups excluding carboxylic acids is 2. The third-order valence-corrected chi connectivity index (χ3v) is 4.42. The van der Waals surface area contributed by atoms with Crippen molar-refractivity contribution in [3.63, 3.8) is 0 Å². The predicted octanol–water partition coefficient (Wildman–Crippen LogP) is 1.69. The number of hydrogen-bond acceptors (Lipinski definition) is 3. The van der Waals surface area contributed by atoms with Gasteiger partial charge in [-0.3, -0.25) is 14.3 Å². The molecule has 2 heterocycles. The third kappa shape index (κ3) is 2.40. The van der Waals surface area contributed by atoms with Crippen molar-refractivity contribution in [1.82, 2.24) is 15.1 Å². The highest BCUT2D eigenvalue weighted by Gasteiger charge is 2.31. The second-order valence-corrected chi connectivity index (χ2v) is 6.08. The van der Waals surface area contributed by atoms with E-state index in [1.54, 1.807) is 22.7 Å². The van der Waals surface area contributed by atoms with E-state index in [1.165, 1.54) is 0 Å². The Morgan fingerprint density at radius 3 is 2.87 bits per heavy atom. The number of carbonyl (C=O) groups is 2. The van der Waals surface area contributed by atoms with Crippen LogP contribution in [0.25, 0.3) is 0 Å². The number of aromatic nitrogens is 2. The predicted molar refractivity (Wildman–Crippen MR) is 85.6 cm³/mol. The van der Waals surface area contributed by atoms with Gasteiger partial charge in [0.25, 0.3) is 11.8 Å². The number of para-hydroxylation sites is 1. The van der Waals surface area contributed by atoms with Gasteiger partial charge in [-0.25, -0.2) is 0 Å². The Morgan fingerprint density at radius 1 is 1.30 bits per heavy atom. The molecule has 1 saturated carbocycles. The molecule has 0 atom stereocenters. The van der Waals surface area contributed by atoms with Gasteiger partial charge in [0.2, 0.25) is 0 Å². The molecular weight excluding hydrogens is 292 g/mol. The highest BCUT2D eigenvalue weighted by atomic mass is 16.2. The zero-order valence-electron chi connectivity index (χ0n) is 13.0. The Hall–Kier alpha value is -2.63. The lowest BCUT2D eigenvalue weighted by Crippen LogP contribution is -2.36. The molecule has 23 heavy (non-hydrogen) atoms. The number of benzene rings is 1. The summed E-state index contributed by atoms with van der Waals surface area (Å²) in [5.41, 5.74) is 2.74. The van der Waals surface area contributed by atoms with Crippen LogP contribution in [0.5, 0.6) is 0 Å². The van der Waals surface area contributed by atoms with Crippen molar-refractivity contribution in [3.05, 3.63) is 47.3 Å². The van der Waals surface area contributed by atoms with Crippen LogP contribution >= 0.6 is 0 Å². The molecule has 1 fully saturated rings. The fraction of sp³-hybridized carbons (Fsp3) is 0.353. The molecule has 1 aromatic carbocycles. The lowest BCUT2D eigenvalue weighted by molar-refractivity contribution is 0.0952. The Balaban J connectivity index is 1.73. The summed E-state index contributed by atoms with van der Waals surface area (Å²) in [6.07, 6.45) is 2.30. The second-order valence-electron chi connectivity index (χ2n) is 6.08. The number of nitrogens with one attached hydrogen (secondary N) is 1. The van der Waals surface area contributed by atoms with E-state index >= 15 is 0 Å². The Morgan fingerprint density at radius 2 is 2.09 bits per heavy atom. The standard InChI is InChI=1S/C17H18N4O2/c1-20-15(10-13(19-20)11-6-7-11)17(23)21-9-8-18-16(22)12-4-2-3-5-14(12)21/h2-5,10-11H,6-9H2,1H3,(H,18,22). The first-order valence-corrected chi connectivity index (χ1v) is 7.88. The number of rotatable bonds is 2. The largest absolute Gasteiger partial charge is 0.350 e. The molecule has 2 aliphatic rings. The lowest BCUT2D eigenvalue weighted by atomic mass is 10.1. The van der Waals surface area contributed by atoms with Crippen LogP contribution in [0.15, 0.2) is 30.3 Å². The van der Waals surface area contributed by atoms with Gasteiger partial charge in [-0.15, -0.1) is 0 Å². The van der Waals surface area contributed by atoms with E-state index in [9.17, 15) is 9.59 Å². The average molecular weight is 310 g/mol. The van der Waals surface area contributed by atoms with Crippen molar-refractivity contribution in [2.75, 3.05) is 18.0 Å². The van der Waals surface area contributed by atoms with Crippen molar-refractivity contribution >= 4 is 17.5 Å². The maximum Gasteiger partial charge on any atom is 0.276 e. The smallest absolute Gasteiger partial charge is 0.276 e. The van der Waals surface area contributed by atoms with Gasteiger partial charge in [0.1, 0.15) is 5.69 Å². The topological polar surface area (TPSA) is 67.2 Å². The lowest BCUT2D eigenvalue weighted by Gasteiger charge is -2.21. The minimum Gasteiger partial charge on any atom is -0.350 e. The Kier molecular flexibility index (Phi) is 3.18. The van der Waals surface area contributed by atoms with E-state index in [-0.39, 0.29) is 11.8 Å². The fourth-order valence-electron chi connectivity index (χ4n) is 3.02. The monoisotopic (exact) mass is 310 g/mol. The summed E-state index contributed by atoms with van der Waals surface area (Å²) in [5, 5.41) is 7.30. The van der Waals surface area contributed by atoms with Crippen LogP contribution in [-0.4, -0.2) is 34.7 Å². The average Bonchev–Trinajstić information content (AvgIpc) is 3.35. The summed E-state index contributed by atoms with van der Waals surface area (Å²) in [5.74, 6) is 0.248. The zero-order valence-corrected chi connectivity index (χ0v) is 13.0. The summed E-state index contributed by atoms with van der Waals surface area (Å²) in [7, 11) is 1.80. The first-order valence-electron chi connectivity index (χ1n) is 7.88. The Bertz CT molecular complexity index is 792. The molecule has 6 nitrogen and oxygen atoms in total. The molecule has 0 unspecified atom stereocenters. The Labute approximate surface area is 134 Å². The van der Waals surface area contributed by atoms with Crippen molar-refractivity contribution in [2.24, 2.45) is 7.05 Å². The van der Waals surface area contributed by atoms with E-state index in [1.807, 2.05) is 24.3 Å². The van der Waals surface area contributed by atoms with Gasteiger partial charge in [-0.1, -0.05) is 12.1 Å². The normalized spacial score (nSPS) is 17.4. The maximum absolute atomic E-state index is 13.0. The molecule has 2 amide bonds. The highest BCUT2D eigenvalue weighted by molar-refractivity contribution is 6.10. The molecule has 0 saturated heterocycles. The van der Waals surface area contributed by atoms with E-state index in [4.69, 9.17) is 0 Å². The third-order valence-electron chi connectivity index (χ3n) is 4.42. The number of amides is 2. The molecule has 0 bridgehead atoms. The van der Waals surface area contributed by atoms with Gasteiger partial charge in [0.15, 0.2) is 0 Å². The summed E-state index contributed by atoms with van der Waals surface area (Å²) in [4.78, 5) is 26.8. The number of fused-ring (bicyclic) bond motifs is 1. The van der Waals surface area contributed by atoms with Crippen molar-refractivity contribution < 1.29 is 9.59 Å². The number of anilines is 1. The van der Waals surface area contributed by atoms with E-state index in [0.717, 1.165) is 18.5 Å². The molecule has 2 aromatic rings. The molecule has 6 heteroatoms. The van der Waals surface area contributed by atoms with Crippen LogP contribution in [-0.2, 0) is 7.05 Å². The first kappa shape index (κ1) is 14.0. The van der Waals surface area contributed by atoms with Crippen molar-refractivity contribution in [3.8, 4) is 0 Å². The van der Waals surface area contributed by atoms with Crippen LogP contribution in [0, 0.1) is 0 Å². The van der Waals surface area contributed by atoms with Gasteiger partial charge in [0.05, 0.1) is 16.9 Å². The minimum absolute atomic E-state index is 0.115. The molecule has 1 aliphatic heterocycles. The van der Waals surface area contributed by atoms with Gasteiger partial charge in [0, 0.05) is 26.1 Å². The van der Waals surface area contributed by atoms with E-state index < -0.39 is 0 Å². The summed E-state index contributed by atoms with van der Waals surface area (Å²) >= 11 is 0. The van der Waals surface area contributed by atoms with E-state index in [0.29, 0.717) is 36.0 Å². The van der Waals surface area contributed by atoms with Crippen LogP contribution in [0.3, 0.4) is 0 Å². The highest BCUT2D eigenvalue weighted by Crippen LogP contribution is 2.39. The minimum atomic E-state index is -0.139. The number of nitrogens with zero attached hydrogens (tertiary/aromatic N) is 3. The van der Waals surface area contributed by atoms with Gasteiger partial charge < -0.3 is 10.2 Å². The van der Waals surface area contributed by atoms with Crippen molar-refractivity contribution in [2.45, 2.75) is 18.8 Å². The van der Waals surface area contributed by atoms with Crippen LogP contribution in [0.1, 0.15) is 45.3 Å². The zero-order chi connectivity index (χ0) is 16.0. The first-order chi connectivity index (χ1) is 11.1. The van der Waals surface area contributed by atoms with Gasteiger partial charge >= 0.3 is 0 Å². The summed E-state index contributed by atoms with van der Waals surface area (Å²) in [6.45, 7) is 0.887. The fourth-order valence-corrected chi connectivity index (χ4v) is 3.02. The summed E-state index contributed by atoms with van der Waals surface area (Å²) < 4.78 is 1.65. The quantitative estimate of drug-likeness (QED) is 0.918. The molecule has 4 rings (SSSR count).